The predicted molar refractivity (Wildman–Crippen MR) is 90.7 cm³/mol. The molecule has 1 amide bonds. The lowest BCUT2D eigenvalue weighted by Gasteiger charge is -2.29. The Morgan fingerprint density at radius 1 is 1.35 bits per heavy atom. The van der Waals surface area contributed by atoms with Crippen LogP contribution in [-0.2, 0) is 4.74 Å². The average Bonchev–Trinajstić information content (AvgIpc) is 2.47. The molecule has 0 spiro atoms. The standard InChI is InChI=1S/C18H24N2O3/c1-12-5-6-16-14(9-12)10-15(13(2)19-16)17(22)20-18(3,7-8-21)11-23-4/h5-6,9-10,21H,7-8,11H2,1-4H3,(H,20,22). The molecule has 1 aromatic heterocycles. The fourth-order valence-corrected chi connectivity index (χ4v) is 2.70. The van der Waals surface area contributed by atoms with Crippen molar-refractivity contribution in [3.05, 3.63) is 41.1 Å². The van der Waals surface area contributed by atoms with Crippen molar-refractivity contribution >= 4 is 16.8 Å². The predicted octanol–water partition coefficient (Wildman–Crippen LogP) is 2.37. The summed E-state index contributed by atoms with van der Waals surface area (Å²) >= 11 is 0. The summed E-state index contributed by atoms with van der Waals surface area (Å²) in [6.45, 7) is 6.01. The molecule has 2 aromatic rings. The lowest BCUT2D eigenvalue weighted by Crippen LogP contribution is -2.50. The first-order chi connectivity index (χ1) is 10.9. The van der Waals surface area contributed by atoms with E-state index in [9.17, 15) is 9.90 Å². The van der Waals surface area contributed by atoms with Crippen molar-refractivity contribution in [1.29, 1.82) is 0 Å². The molecule has 0 aliphatic rings. The maximum absolute atomic E-state index is 12.7. The Bertz CT molecular complexity index is 707. The molecule has 5 heteroatoms. The van der Waals surface area contributed by atoms with Crippen molar-refractivity contribution in [2.75, 3.05) is 20.3 Å². The molecular weight excluding hydrogens is 292 g/mol. The third kappa shape index (κ3) is 4.06. The maximum atomic E-state index is 12.7. The highest BCUT2D eigenvalue weighted by Crippen LogP contribution is 2.19. The summed E-state index contributed by atoms with van der Waals surface area (Å²) in [5, 5.41) is 13.1. The van der Waals surface area contributed by atoms with Gasteiger partial charge in [-0.05, 0) is 45.4 Å². The zero-order valence-corrected chi connectivity index (χ0v) is 14.1. The van der Waals surface area contributed by atoms with Gasteiger partial charge in [0.15, 0.2) is 0 Å². The van der Waals surface area contributed by atoms with E-state index in [-0.39, 0.29) is 12.5 Å². The molecule has 0 saturated heterocycles. The number of pyridine rings is 1. The number of aromatic nitrogens is 1. The van der Waals surface area contributed by atoms with Crippen LogP contribution in [0.1, 0.15) is 35.0 Å². The number of hydrogen-bond acceptors (Lipinski definition) is 4. The number of nitrogens with one attached hydrogen (secondary N) is 1. The highest BCUT2D eigenvalue weighted by molar-refractivity contribution is 5.99. The third-order valence-electron chi connectivity index (χ3n) is 3.95. The number of nitrogens with zero attached hydrogens (tertiary/aromatic N) is 1. The molecule has 0 saturated carbocycles. The van der Waals surface area contributed by atoms with Crippen molar-refractivity contribution in [3.63, 3.8) is 0 Å². The van der Waals surface area contributed by atoms with Crippen LogP contribution in [0, 0.1) is 13.8 Å². The maximum Gasteiger partial charge on any atom is 0.253 e. The van der Waals surface area contributed by atoms with Crippen LogP contribution in [0.3, 0.4) is 0 Å². The summed E-state index contributed by atoms with van der Waals surface area (Å²) in [6.07, 6.45) is 0.422. The van der Waals surface area contributed by atoms with Crippen LogP contribution < -0.4 is 5.32 Å². The fraction of sp³-hybridized carbons (Fsp3) is 0.444. The van der Waals surface area contributed by atoms with Crippen molar-refractivity contribution in [1.82, 2.24) is 10.3 Å². The molecule has 2 N–H and O–H groups in total. The lowest BCUT2D eigenvalue weighted by atomic mass is 9.98. The van der Waals surface area contributed by atoms with E-state index in [1.54, 1.807) is 7.11 Å². The summed E-state index contributed by atoms with van der Waals surface area (Å²) in [4.78, 5) is 17.2. The number of amides is 1. The molecule has 1 atom stereocenters. The van der Waals surface area contributed by atoms with Gasteiger partial charge in [-0.1, -0.05) is 11.6 Å². The fourth-order valence-electron chi connectivity index (χ4n) is 2.70. The Morgan fingerprint density at radius 3 is 2.74 bits per heavy atom. The topological polar surface area (TPSA) is 71.5 Å². The van der Waals surface area contributed by atoms with Gasteiger partial charge >= 0.3 is 0 Å². The number of benzene rings is 1. The van der Waals surface area contributed by atoms with Crippen molar-refractivity contribution < 1.29 is 14.6 Å². The molecule has 2 rings (SSSR count). The van der Waals surface area contributed by atoms with Gasteiger partial charge in [-0.3, -0.25) is 9.78 Å². The first-order valence-electron chi connectivity index (χ1n) is 7.69. The van der Waals surface area contributed by atoms with E-state index in [0.29, 0.717) is 24.3 Å². The lowest BCUT2D eigenvalue weighted by molar-refractivity contribution is 0.0725. The summed E-state index contributed by atoms with van der Waals surface area (Å²) < 4.78 is 5.17. The van der Waals surface area contributed by atoms with Crippen LogP contribution in [-0.4, -0.2) is 41.9 Å². The number of carbonyl (C=O) groups excluding carboxylic acids is 1. The molecule has 0 fully saturated rings. The van der Waals surface area contributed by atoms with Crippen molar-refractivity contribution in [2.24, 2.45) is 0 Å². The normalized spacial score (nSPS) is 13.8. The molecule has 23 heavy (non-hydrogen) atoms. The number of aliphatic hydroxyl groups excluding tert-OH is 1. The zero-order valence-electron chi connectivity index (χ0n) is 14.1. The van der Waals surface area contributed by atoms with E-state index >= 15 is 0 Å². The van der Waals surface area contributed by atoms with Crippen LogP contribution in [0.15, 0.2) is 24.3 Å². The quantitative estimate of drug-likeness (QED) is 0.858. The number of rotatable bonds is 6. The molecule has 0 aliphatic carbocycles. The van der Waals surface area contributed by atoms with Gasteiger partial charge in [0.25, 0.3) is 5.91 Å². The number of aryl methyl sites for hydroxylation is 2. The monoisotopic (exact) mass is 316 g/mol. The Morgan fingerprint density at radius 2 is 2.09 bits per heavy atom. The molecule has 1 unspecified atom stereocenters. The minimum absolute atomic E-state index is 0.0196. The first kappa shape index (κ1) is 17.4. The second-order valence-electron chi connectivity index (χ2n) is 6.24. The highest BCUT2D eigenvalue weighted by Gasteiger charge is 2.27. The average molecular weight is 316 g/mol. The number of fused-ring (bicyclic) bond motifs is 1. The van der Waals surface area contributed by atoms with E-state index in [1.165, 1.54) is 0 Å². The van der Waals surface area contributed by atoms with Crippen LogP contribution >= 0.6 is 0 Å². The molecule has 0 bridgehead atoms. The molecule has 0 radical (unpaired) electrons. The second-order valence-corrected chi connectivity index (χ2v) is 6.24. The molecular formula is C18H24N2O3. The Balaban J connectivity index is 2.34. The molecule has 5 nitrogen and oxygen atoms in total. The Hall–Kier alpha value is -1.98. The van der Waals surface area contributed by atoms with E-state index in [0.717, 1.165) is 16.5 Å². The van der Waals surface area contributed by atoms with Gasteiger partial charge in [-0.15, -0.1) is 0 Å². The van der Waals surface area contributed by atoms with E-state index in [4.69, 9.17) is 4.74 Å². The van der Waals surface area contributed by atoms with Crippen LogP contribution in [0.2, 0.25) is 0 Å². The largest absolute Gasteiger partial charge is 0.396 e. The molecule has 1 heterocycles. The van der Waals surface area contributed by atoms with Gasteiger partial charge in [0.1, 0.15) is 0 Å². The number of hydrogen-bond donors (Lipinski definition) is 2. The number of carbonyl (C=O) groups is 1. The first-order valence-corrected chi connectivity index (χ1v) is 7.69. The number of aliphatic hydroxyl groups is 1. The minimum atomic E-state index is -0.616. The summed E-state index contributed by atoms with van der Waals surface area (Å²) in [7, 11) is 1.58. The van der Waals surface area contributed by atoms with Crippen LogP contribution in [0.25, 0.3) is 10.9 Å². The molecule has 1 aromatic carbocycles. The van der Waals surface area contributed by atoms with E-state index in [2.05, 4.69) is 10.3 Å². The van der Waals surface area contributed by atoms with Crippen molar-refractivity contribution in [2.45, 2.75) is 32.7 Å². The third-order valence-corrected chi connectivity index (χ3v) is 3.95. The van der Waals surface area contributed by atoms with Gasteiger partial charge in [0.2, 0.25) is 0 Å². The van der Waals surface area contributed by atoms with Gasteiger partial charge in [0.05, 0.1) is 28.9 Å². The van der Waals surface area contributed by atoms with Crippen LogP contribution in [0.5, 0.6) is 0 Å². The van der Waals surface area contributed by atoms with E-state index < -0.39 is 5.54 Å². The Kier molecular flexibility index (Phi) is 5.34. The van der Waals surface area contributed by atoms with E-state index in [1.807, 2.05) is 45.0 Å². The molecule has 124 valence electrons. The number of methoxy groups -OCH3 is 1. The summed E-state index contributed by atoms with van der Waals surface area (Å²) in [6, 6.07) is 7.85. The molecule has 0 aliphatic heterocycles. The highest BCUT2D eigenvalue weighted by atomic mass is 16.5. The summed E-state index contributed by atoms with van der Waals surface area (Å²) in [5.41, 5.74) is 2.61. The smallest absolute Gasteiger partial charge is 0.253 e. The number of ether oxygens (including phenoxy) is 1. The van der Waals surface area contributed by atoms with Crippen LogP contribution in [0.4, 0.5) is 0 Å². The Labute approximate surface area is 136 Å². The van der Waals surface area contributed by atoms with Gasteiger partial charge in [-0.25, -0.2) is 0 Å². The van der Waals surface area contributed by atoms with Gasteiger partial charge < -0.3 is 15.2 Å². The SMILES string of the molecule is COCC(C)(CCO)NC(=O)c1cc2cc(C)ccc2nc1C. The zero-order chi connectivity index (χ0) is 17.0. The summed E-state index contributed by atoms with van der Waals surface area (Å²) in [5.74, 6) is -0.202. The van der Waals surface area contributed by atoms with Crippen molar-refractivity contribution in [3.8, 4) is 0 Å². The van der Waals surface area contributed by atoms with Gasteiger partial charge in [0, 0.05) is 19.1 Å². The minimum Gasteiger partial charge on any atom is -0.396 e. The second kappa shape index (κ2) is 7.06. The van der Waals surface area contributed by atoms with Gasteiger partial charge in [-0.2, -0.15) is 0 Å².